The molecule has 0 bridgehead atoms. The van der Waals surface area contributed by atoms with Crippen LogP contribution in [-0.2, 0) is 9.84 Å². The molecule has 1 aliphatic rings. The lowest BCUT2D eigenvalue weighted by molar-refractivity contribution is 0.269. The van der Waals surface area contributed by atoms with E-state index in [0.717, 1.165) is 38.4 Å². The number of sulfone groups is 1. The van der Waals surface area contributed by atoms with Crippen molar-refractivity contribution in [1.29, 1.82) is 0 Å². The van der Waals surface area contributed by atoms with E-state index in [1.807, 2.05) is 6.92 Å². The largest absolute Gasteiger partial charge is 0.357 e. The number of nitrogens with zero attached hydrogens (tertiary/aromatic N) is 3. The van der Waals surface area contributed by atoms with Gasteiger partial charge in [0.05, 0.1) is 10.5 Å². The van der Waals surface area contributed by atoms with Gasteiger partial charge in [-0.15, -0.1) is 0 Å². The molecule has 0 amide bonds. The first-order valence-corrected chi connectivity index (χ1v) is 10.7. The smallest absolute Gasteiger partial charge is 0.193 e. The van der Waals surface area contributed by atoms with Gasteiger partial charge in [-0.3, -0.25) is 4.99 Å². The summed E-state index contributed by atoms with van der Waals surface area (Å²) in [5.74, 6) is 1.04. The molecule has 0 aromatic carbocycles. The first kappa shape index (κ1) is 21.2. The molecule has 0 aromatic heterocycles. The van der Waals surface area contributed by atoms with Crippen molar-refractivity contribution < 1.29 is 8.42 Å². The predicted octanol–water partition coefficient (Wildman–Crippen LogP) is 1.58. The molecular formula is C17H36N4O2S. The molecule has 0 aliphatic carbocycles. The zero-order valence-corrected chi connectivity index (χ0v) is 17.1. The van der Waals surface area contributed by atoms with E-state index in [9.17, 15) is 8.42 Å². The fourth-order valence-corrected chi connectivity index (χ4v) is 4.03. The Morgan fingerprint density at radius 2 is 2.00 bits per heavy atom. The van der Waals surface area contributed by atoms with Crippen LogP contribution in [0.2, 0.25) is 0 Å². The lowest BCUT2D eigenvalue weighted by Gasteiger charge is -2.39. The molecule has 0 aromatic rings. The summed E-state index contributed by atoms with van der Waals surface area (Å²) in [6.45, 7) is 13.7. The van der Waals surface area contributed by atoms with E-state index in [1.165, 1.54) is 0 Å². The fourth-order valence-electron chi connectivity index (χ4n) is 2.67. The van der Waals surface area contributed by atoms with Crippen LogP contribution in [-0.4, -0.2) is 80.5 Å². The SMILES string of the molecule is CCNC(=NCCCCN(C)C(C)C)N1CCS(=O)(=O)C(C)(C)C1. The minimum Gasteiger partial charge on any atom is -0.357 e. The number of aliphatic imine (C=N–C) groups is 1. The molecule has 1 fully saturated rings. The lowest BCUT2D eigenvalue weighted by atomic mass is 10.2. The Bertz CT molecular complexity index is 515. The normalized spacial score (nSPS) is 20.7. The van der Waals surface area contributed by atoms with Gasteiger partial charge in [-0.1, -0.05) is 0 Å². The van der Waals surface area contributed by atoms with Gasteiger partial charge in [0.25, 0.3) is 0 Å². The molecule has 0 spiro atoms. The average molecular weight is 361 g/mol. The lowest BCUT2D eigenvalue weighted by Crippen LogP contribution is -2.57. The third-order valence-corrected chi connectivity index (χ3v) is 7.27. The summed E-state index contributed by atoms with van der Waals surface area (Å²) in [7, 11) is -0.872. The van der Waals surface area contributed by atoms with E-state index in [1.54, 1.807) is 13.8 Å². The zero-order valence-electron chi connectivity index (χ0n) is 16.3. The highest BCUT2D eigenvalue weighted by Gasteiger charge is 2.40. The van der Waals surface area contributed by atoms with Crippen LogP contribution < -0.4 is 5.32 Å². The van der Waals surface area contributed by atoms with Crippen molar-refractivity contribution in [2.24, 2.45) is 4.99 Å². The second-order valence-electron chi connectivity index (χ2n) is 7.52. The summed E-state index contributed by atoms with van der Waals surface area (Å²) in [4.78, 5) is 9.14. The van der Waals surface area contributed by atoms with Crippen LogP contribution in [0.4, 0.5) is 0 Å². The van der Waals surface area contributed by atoms with Crippen LogP contribution in [0, 0.1) is 0 Å². The monoisotopic (exact) mass is 360 g/mol. The molecule has 1 rings (SSSR count). The van der Waals surface area contributed by atoms with Crippen molar-refractivity contribution in [3.8, 4) is 0 Å². The maximum atomic E-state index is 12.2. The minimum atomic E-state index is -3.02. The van der Waals surface area contributed by atoms with E-state index in [4.69, 9.17) is 4.99 Å². The Morgan fingerprint density at radius 3 is 2.54 bits per heavy atom. The first-order valence-electron chi connectivity index (χ1n) is 9.06. The summed E-state index contributed by atoms with van der Waals surface area (Å²) >= 11 is 0. The molecule has 7 heteroatoms. The molecule has 24 heavy (non-hydrogen) atoms. The van der Waals surface area contributed by atoms with E-state index >= 15 is 0 Å². The van der Waals surface area contributed by atoms with Gasteiger partial charge in [-0.05, 0) is 61.1 Å². The van der Waals surface area contributed by atoms with Gasteiger partial charge in [0.15, 0.2) is 15.8 Å². The summed E-state index contributed by atoms with van der Waals surface area (Å²) < 4.78 is 23.6. The van der Waals surface area contributed by atoms with Crippen LogP contribution >= 0.6 is 0 Å². The Labute approximate surface area is 148 Å². The van der Waals surface area contributed by atoms with Gasteiger partial charge < -0.3 is 15.1 Å². The van der Waals surface area contributed by atoms with Crippen molar-refractivity contribution in [2.75, 3.05) is 45.5 Å². The molecule has 1 heterocycles. The Balaban J connectivity index is 2.57. The van der Waals surface area contributed by atoms with Crippen LogP contribution in [0.3, 0.4) is 0 Å². The highest BCUT2D eigenvalue weighted by molar-refractivity contribution is 7.92. The van der Waals surface area contributed by atoms with Gasteiger partial charge in [-0.2, -0.15) is 0 Å². The molecule has 0 unspecified atom stereocenters. The van der Waals surface area contributed by atoms with Gasteiger partial charge in [0.2, 0.25) is 0 Å². The maximum Gasteiger partial charge on any atom is 0.193 e. The van der Waals surface area contributed by atoms with E-state index in [0.29, 0.717) is 19.1 Å². The van der Waals surface area contributed by atoms with E-state index < -0.39 is 14.6 Å². The second-order valence-corrected chi connectivity index (χ2v) is 10.3. The topological polar surface area (TPSA) is 65.0 Å². The first-order chi connectivity index (χ1) is 11.1. The number of unbranched alkanes of at least 4 members (excludes halogenated alkanes) is 1. The van der Waals surface area contributed by atoms with Crippen molar-refractivity contribution in [3.05, 3.63) is 0 Å². The Hall–Kier alpha value is -0.820. The number of hydrogen-bond donors (Lipinski definition) is 1. The van der Waals surface area contributed by atoms with Gasteiger partial charge in [-0.25, -0.2) is 8.42 Å². The fraction of sp³-hybridized carbons (Fsp3) is 0.941. The molecule has 1 saturated heterocycles. The predicted molar refractivity (Wildman–Crippen MR) is 102 cm³/mol. The highest BCUT2D eigenvalue weighted by Crippen LogP contribution is 2.23. The molecule has 1 N–H and O–H groups in total. The van der Waals surface area contributed by atoms with Crippen molar-refractivity contribution in [2.45, 2.75) is 58.2 Å². The molecule has 1 aliphatic heterocycles. The summed E-state index contributed by atoms with van der Waals surface area (Å²) in [5, 5.41) is 3.31. The van der Waals surface area contributed by atoms with Crippen molar-refractivity contribution >= 4 is 15.8 Å². The number of guanidine groups is 1. The van der Waals surface area contributed by atoms with Crippen LogP contribution in [0.5, 0.6) is 0 Å². The average Bonchev–Trinajstić information content (AvgIpc) is 2.48. The Kier molecular flexibility index (Phi) is 7.99. The van der Waals surface area contributed by atoms with Gasteiger partial charge in [0.1, 0.15) is 0 Å². The number of rotatable bonds is 7. The van der Waals surface area contributed by atoms with E-state index in [-0.39, 0.29) is 5.75 Å². The zero-order chi connectivity index (χ0) is 18.4. The third kappa shape index (κ3) is 5.92. The number of hydrogen-bond acceptors (Lipinski definition) is 4. The van der Waals surface area contributed by atoms with Crippen LogP contribution in [0.15, 0.2) is 4.99 Å². The summed E-state index contributed by atoms with van der Waals surface area (Å²) in [6, 6.07) is 0.573. The molecule has 0 saturated carbocycles. The van der Waals surface area contributed by atoms with Crippen molar-refractivity contribution in [3.63, 3.8) is 0 Å². The maximum absolute atomic E-state index is 12.2. The quantitative estimate of drug-likeness (QED) is 0.424. The molecule has 6 nitrogen and oxygen atoms in total. The van der Waals surface area contributed by atoms with Crippen LogP contribution in [0.25, 0.3) is 0 Å². The highest BCUT2D eigenvalue weighted by atomic mass is 32.2. The molecule has 142 valence electrons. The molecular weight excluding hydrogens is 324 g/mol. The number of nitrogens with one attached hydrogen (secondary N) is 1. The van der Waals surface area contributed by atoms with Gasteiger partial charge in [0, 0.05) is 32.2 Å². The standard InChI is InChI=1S/C17H36N4O2S/c1-7-18-16(19-10-8-9-11-20(6)15(2)3)21-12-13-24(22,23)17(4,5)14-21/h15H,7-14H2,1-6H3,(H,18,19). The Morgan fingerprint density at radius 1 is 1.33 bits per heavy atom. The third-order valence-electron chi connectivity index (χ3n) is 4.74. The molecule has 0 radical (unpaired) electrons. The summed E-state index contributed by atoms with van der Waals surface area (Å²) in [6.07, 6.45) is 2.17. The van der Waals surface area contributed by atoms with Gasteiger partial charge >= 0.3 is 0 Å². The minimum absolute atomic E-state index is 0.198. The summed E-state index contributed by atoms with van der Waals surface area (Å²) in [5.41, 5.74) is 0. The van der Waals surface area contributed by atoms with Crippen LogP contribution in [0.1, 0.15) is 47.5 Å². The second kappa shape index (κ2) is 9.04. The molecule has 0 atom stereocenters. The van der Waals surface area contributed by atoms with E-state index in [2.05, 4.69) is 36.0 Å². The van der Waals surface area contributed by atoms with Crippen molar-refractivity contribution in [1.82, 2.24) is 15.1 Å².